The highest BCUT2D eigenvalue weighted by molar-refractivity contribution is 8.26. The maximum Gasteiger partial charge on any atom is 0.285 e. The van der Waals surface area contributed by atoms with Crippen LogP contribution in [0.4, 0.5) is 0 Å². The summed E-state index contributed by atoms with van der Waals surface area (Å²) in [6.45, 7) is 0. The molecule has 0 aromatic heterocycles. The number of rotatable bonds is 5. The molecular weight excluding hydrogens is 416 g/mol. The first-order valence-electron chi connectivity index (χ1n) is 8.17. The summed E-state index contributed by atoms with van der Waals surface area (Å²) in [5, 5.41) is 20.3. The first-order valence-corrected chi connectivity index (χ1v) is 9.39. The van der Waals surface area contributed by atoms with Gasteiger partial charge in [0.15, 0.2) is 15.8 Å². The third-order valence-electron chi connectivity index (χ3n) is 3.94. The number of ether oxygens (including phenoxy) is 2. The van der Waals surface area contributed by atoms with Crippen LogP contribution in [0.5, 0.6) is 23.0 Å². The number of phenolic OH excluding ortho intramolecular Hbond substituents is 2. The van der Waals surface area contributed by atoms with Crippen molar-refractivity contribution in [1.82, 2.24) is 10.4 Å². The molecule has 0 atom stereocenters. The molecule has 1 saturated heterocycles. The van der Waals surface area contributed by atoms with Crippen LogP contribution in [0.25, 0.3) is 6.08 Å². The van der Waals surface area contributed by atoms with E-state index in [2.05, 4.69) is 5.43 Å². The van der Waals surface area contributed by atoms with Gasteiger partial charge in [0.2, 0.25) is 5.75 Å². The third kappa shape index (κ3) is 4.28. The number of hydrazine groups is 1. The lowest BCUT2D eigenvalue weighted by molar-refractivity contribution is -0.123. The molecule has 29 heavy (non-hydrogen) atoms. The van der Waals surface area contributed by atoms with Gasteiger partial charge in [0.25, 0.3) is 11.8 Å². The molecule has 0 bridgehead atoms. The first kappa shape index (κ1) is 20.5. The van der Waals surface area contributed by atoms with Crippen molar-refractivity contribution < 1.29 is 29.3 Å². The second-order valence-electron chi connectivity index (χ2n) is 5.78. The van der Waals surface area contributed by atoms with Gasteiger partial charge in [-0.25, -0.2) is 0 Å². The molecule has 0 aliphatic carbocycles. The molecule has 2 aromatic carbocycles. The Morgan fingerprint density at radius 2 is 1.72 bits per heavy atom. The molecule has 0 radical (unpaired) electrons. The van der Waals surface area contributed by atoms with Gasteiger partial charge < -0.3 is 19.7 Å². The normalized spacial score (nSPS) is 15.0. The molecular formula is C19H16N2O6S2. The Morgan fingerprint density at radius 3 is 2.28 bits per heavy atom. The largest absolute Gasteiger partial charge is 0.508 e. The third-order valence-corrected chi connectivity index (χ3v) is 5.24. The number of nitrogens with zero attached hydrogens (tertiary/aromatic N) is 1. The van der Waals surface area contributed by atoms with Gasteiger partial charge in [-0.3, -0.25) is 15.0 Å². The molecule has 0 saturated carbocycles. The van der Waals surface area contributed by atoms with Crippen LogP contribution in [0.15, 0.2) is 41.3 Å². The Labute approximate surface area is 175 Å². The van der Waals surface area contributed by atoms with Crippen molar-refractivity contribution in [2.45, 2.75) is 0 Å². The molecule has 1 aliphatic heterocycles. The Kier molecular flexibility index (Phi) is 5.95. The van der Waals surface area contributed by atoms with Crippen LogP contribution in [-0.2, 0) is 4.79 Å². The molecule has 1 fully saturated rings. The fourth-order valence-corrected chi connectivity index (χ4v) is 3.67. The number of amides is 2. The van der Waals surface area contributed by atoms with Gasteiger partial charge >= 0.3 is 0 Å². The van der Waals surface area contributed by atoms with Gasteiger partial charge in [-0.2, -0.15) is 5.01 Å². The molecule has 2 amide bonds. The number of hydrogen-bond donors (Lipinski definition) is 3. The van der Waals surface area contributed by atoms with Crippen LogP contribution in [0.2, 0.25) is 0 Å². The van der Waals surface area contributed by atoms with E-state index >= 15 is 0 Å². The van der Waals surface area contributed by atoms with E-state index in [0.717, 1.165) is 16.8 Å². The number of methoxy groups -OCH3 is 2. The predicted octanol–water partition coefficient (Wildman–Crippen LogP) is 2.66. The van der Waals surface area contributed by atoms with Crippen molar-refractivity contribution in [1.29, 1.82) is 0 Å². The number of aromatic hydroxyl groups is 2. The Morgan fingerprint density at radius 1 is 1.14 bits per heavy atom. The standard InChI is InChI=1S/C19H16N2O6S2/c1-26-13-7-10(8-14(27-2)16(13)23)9-15-18(25)21(19(28)29-15)20-17(24)11-3-5-12(22)6-4-11/h3-9,22-23H,1-2H3,(H,20,24)/b15-9-. The van der Waals surface area contributed by atoms with Crippen LogP contribution < -0.4 is 14.9 Å². The highest BCUT2D eigenvalue weighted by Gasteiger charge is 2.34. The van der Waals surface area contributed by atoms with Gasteiger partial charge in [-0.05, 0) is 60.3 Å². The van der Waals surface area contributed by atoms with Crippen molar-refractivity contribution in [3.63, 3.8) is 0 Å². The topological polar surface area (TPSA) is 108 Å². The summed E-state index contributed by atoms with van der Waals surface area (Å²) in [6, 6.07) is 8.66. The summed E-state index contributed by atoms with van der Waals surface area (Å²) in [5.41, 5.74) is 3.26. The van der Waals surface area contributed by atoms with Gasteiger partial charge in [0.1, 0.15) is 5.75 Å². The van der Waals surface area contributed by atoms with E-state index in [0.29, 0.717) is 5.56 Å². The minimum atomic E-state index is -0.546. The second-order valence-corrected chi connectivity index (χ2v) is 7.45. The minimum absolute atomic E-state index is 0.0230. The lowest BCUT2D eigenvalue weighted by atomic mass is 10.1. The Hall–Kier alpha value is -3.24. The maximum atomic E-state index is 12.7. The van der Waals surface area contributed by atoms with E-state index in [1.165, 1.54) is 38.5 Å². The van der Waals surface area contributed by atoms with Gasteiger partial charge in [-0.15, -0.1) is 0 Å². The zero-order valence-electron chi connectivity index (χ0n) is 15.3. The van der Waals surface area contributed by atoms with E-state index in [4.69, 9.17) is 21.7 Å². The van der Waals surface area contributed by atoms with Crippen molar-refractivity contribution >= 4 is 46.2 Å². The van der Waals surface area contributed by atoms with E-state index in [1.54, 1.807) is 18.2 Å². The van der Waals surface area contributed by atoms with E-state index in [9.17, 15) is 19.8 Å². The molecule has 3 rings (SSSR count). The molecule has 150 valence electrons. The fraction of sp³-hybridized carbons (Fsp3) is 0.105. The number of carbonyl (C=O) groups excluding carboxylic acids is 2. The van der Waals surface area contributed by atoms with Crippen molar-refractivity contribution in [3.05, 3.63) is 52.4 Å². The van der Waals surface area contributed by atoms with E-state index < -0.39 is 11.8 Å². The average molecular weight is 432 g/mol. The lowest BCUT2D eigenvalue weighted by Crippen LogP contribution is -2.44. The fourth-order valence-electron chi connectivity index (χ4n) is 2.49. The van der Waals surface area contributed by atoms with E-state index in [-0.39, 0.29) is 37.8 Å². The average Bonchev–Trinajstić information content (AvgIpc) is 2.96. The summed E-state index contributed by atoms with van der Waals surface area (Å²) in [6.07, 6.45) is 1.55. The molecule has 10 heteroatoms. The van der Waals surface area contributed by atoms with Gasteiger partial charge in [0, 0.05) is 5.56 Å². The van der Waals surface area contributed by atoms with Crippen LogP contribution in [0, 0.1) is 0 Å². The van der Waals surface area contributed by atoms with Crippen LogP contribution in [-0.4, -0.2) is 45.6 Å². The summed E-state index contributed by atoms with van der Waals surface area (Å²) < 4.78 is 10.4. The zero-order valence-corrected chi connectivity index (χ0v) is 17.0. The SMILES string of the molecule is COc1cc(/C=C2\SC(=S)N(NC(=O)c3ccc(O)cc3)C2=O)cc(OC)c1O. The highest BCUT2D eigenvalue weighted by atomic mass is 32.2. The number of thioether (sulfide) groups is 1. The number of thiocarbonyl (C=S) groups is 1. The lowest BCUT2D eigenvalue weighted by Gasteiger charge is -2.15. The molecule has 0 spiro atoms. The van der Waals surface area contributed by atoms with Crippen LogP contribution in [0.3, 0.4) is 0 Å². The minimum Gasteiger partial charge on any atom is -0.508 e. The van der Waals surface area contributed by atoms with Crippen LogP contribution in [0.1, 0.15) is 15.9 Å². The first-order chi connectivity index (χ1) is 13.8. The summed E-state index contributed by atoms with van der Waals surface area (Å²) in [7, 11) is 2.80. The second kappa shape index (κ2) is 8.41. The van der Waals surface area contributed by atoms with Gasteiger partial charge in [0.05, 0.1) is 19.1 Å². The monoisotopic (exact) mass is 432 g/mol. The maximum absolute atomic E-state index is 12.7. The Bertz CT molecular complexity index is 995. The number of hydrogen-bond acceptors (Lipinski definition) is 8. The zero-order chi connectivity index (χ0) is 21.1. The quantitative estimate of drug-likeness (QED) is 0.489. The number of phenols is 2. The summed E-state index contributed by atoms with van der Waals surface area (Å²) in [5.74, 6) is -0.803. The highest BCUT2D eigenvalue weighted by Crippen LogP contribution is 2.39. The van der Waals surface area contributed by atoms with Crippen molar-refractivity contribution in [2.24, 2.45) is 0 Å². The number of nitrogens with one attached hydrogen (secondary N) is 1. The number of benzene rings is 2. The molecule has 8 nitrogen and oxygen atoms in total. The van der Waals surface area contributed by atoms with Gasteiger partial charge in [-0.1, -0.05) is 11.8 Å². The molecule has 3 N–H and O–H groups in total. The molecule has 1 aliphatic rings. The number of carbonyl (C=O) groups is 2. The molecule has 1 heterocycles. The summed E-state index contributed by atoms with van der Waals surface area (Å²) >= 11 is 6.22. The Balaban J connectivity index is 1.83. The molecule has 0 unspecified atom stereocenters. The smallest absolute Gasteiger partial charge is 0.285 e. The van der Waals surface area contributed by atoms with Crippen LogP contribution >= 0.6 is 24.0 Å². The molecule has 2 aromatic rings. The van der Waals surface area contributed by atoms with Crippen molar-refractivity contribution in [3.8, 4) is 23.0 Å². The van der Waals surface area contributed by atoms with Crippen molar-refractivity contribution in [2.75, 3.05) is 14.2 Å². The predicted molar refractivity (Wildman–Crippen MR) is 112 cm³/mol. The summed E-state index contributed by atoms with van der Waals surface area (Å²) in [4.78, 5) is 25.3. The van der Waals surface area contributed by atoms with E-state index in [1.807, 2.05) is 0 Å².